The van der Waals surface area contributed by atoms with Gasteiger partial charge >= 0.3 is 0 Å². The lowest BCUT2D eigenvalue weighted by atomic mass is 10.2. The number of pyridine rings is 1. The largest absolute Gasteiger partial charge is 0.392 e. The molecule has 0 spiro atoms. The van der Waals surface area contributed by atoms with E-state index in [9.17, 15) is 0 Å². The summed E-state index contributed by atoms with van der Waals surface area (Å²) >= 11 is 0. The molecule has 0 aliphatic carbocycles. The molecule has 1 aromatic rings. The van der Waals surface area contributed by atoms with E-state index in [4.69, 9.17) is 5.11 Å². The normalized spacial score (nSPS) is 9.40. The van der Waals surface area contributed by atoms with Gasteiger partial charge in [-0.3, -0.25) is 4.98 Å². The number of rotatable bonds is 2. The Morgan fingerprint density at radius 2 is 2.50 bits per heavy atom. The zero-order chi connectivity index (χ0) is 7.40. The second kappa shape index (κ2) is 3.17. The first kappa shape index (κ1) is 7.02. The van der Waals surface area contributed by atoms with E-state index < -0.39 is 0 Å². The summed E-state index contributed by atoms with van der Waals surface area (Å²) in [5.41, 5.74) is 1.75. The molecule has 0 unspecified atom stereocenters. The standard InChI is InChI=1S/C7H10N2O/c1-8-7-2-3-9-4-6(7)5-10/h2-4,10H,5H2,1H3,(H,8,9). The molecule has 0 amide bonds. The molecule has 10 heavy (non-hydrogen) atoms. The third-order valence-corrected chi connectivity index (χ3v) is 1.34. The van der Waals surface area contributed by atoms with Crippen LogP contribution >= 0.6 is 0 Å². The smallest absolute Gasteiger partial charge is 0.0717 e. The van der Waals surface area contributed by atoms with Gasteiger partial charge in [0.15, 0.2) is 0 Å². The molecule has 0 saturated carbocycles. The zero-order valence-electron chi connectivity index (χ0n) is 5.83. The first-order valence-electron chi connectivity index (χ1n) is 3.10. The minimum atomic E-state index is 0.0318. The van der Waals surface area contributed by atoms with Gasteiger partial charge in [-0.15, -0.1) is 0 Å². The number of nitrogens with one attached hydrogen (secondary N) is 1. The maximum absolute atomic E-state index is 8.77. The summed E-state index contributed by atoms with van der Waals surface area (Å²) in [4.78, 5) is 3.86. The Balaban J connectivity index is 2.96. The fraction of sp³-hybridized carbons (Fsp3) is 0.286. The summed E-state index contributed by atoms with van der Waals surface area (Å²) in [5.74, 6) is 0. The topological polar surface area (TPSA) is 45.2 Å². The highest BCUT2D eigenvalue weighted by Crippen LogP contribution is 2.11. The average molecular weight is 138 g/mol. The average Bonchev–Trinajstić information content (AvgIpc) is 2.04. The third kappa shape index (κ3) is 1.25. The van der Waals surface area contributed by atoms with E-state index in [1.807, 2.05) is 13.1 Å². The van der Waals surface area contributed by atoms with Crippen molar-refractivity contribution in [2.45, 2.75) is 6.61 Å². The molecular weight excluding hydrogens is 128 g/mol. The molecule has 3 heteroatoms. The number of hydrogen-bond donors (Lipinski definition) is 2. The van der Waals surface area contributed by atoms with E-state index in [0.717, 1.165) is 11.3 Å². The van der Waals surface area contributed by atoms with E-state index in [0.29, 0.717) is 0 Å². The first-order valence-corrected chi connectivity index (χ1v) is 3.10. The molecule has 0 saturated heterocycles. The van der Waals surface area contributed by atoms with Gasteiger partial charge < -0.3 is 10.4 Å². The van der Waals surface area contributed by atoms with Gasteiger partial charge in [0.05, 0.1) is 6.61 Å². The third-order valence-electron chi connectivity index (χ3n) is 1.34. The van der Waals surface area contributed by atoms with Crippen LogP contribution in [-0.2, 0) is 6.61 Å². The number of anilines is 1. The molecule has 0 aromatic carbocycles. The lowest BCUT2D eigenvalue weighted by Gasteiger charge is -2.03. The van der Waals surface area contributed by atoms with Crippen molar-refractivity contribution < 1.29 is 5.11 Å². The quantitative estimate of drug-likeness (QED) is 0.629. The zero-order valence-corrected chi connectivity index (χ0v) is 5.83. The predicted molar refractivity (Wildman–Crippen MR) is 39.7 cm³/mol. The Morgan fingerprint density at radius 3 is 3.00 bits per heavy atom. The van der Waals surface area contributed by atoms with Crippen molar-refractivity contribution in [1.82, 2.24) is 4.98 Å². The maximum Gasteiger partial charge on any atom is 0.0717 e. The molecule has 0 fully saturated rings. The monoisotopic (exact) mass is 138 g/mol. The van der Waals surface area contributed by atoms with E-state index in [1.165, 1.54) is 0 Å². The molecule has 1 heterocycles. The van der Waals surface area contributed by atoms with Gasteiger partial charge in [-0.1, -0.05) is 0 Å². The molecule has 1 aromatic heterocycles. The van der Waals surface area contributed by atoms with Crippen LogP contribution < -0.4 is 5.32 Å². The molecule has 0 aliphatic heterocycles. The van der Waals surface area contributed by atoms with Crippen LogP contribution in [0.1, 0.15) is 5.56 Å². The van der Waals surface area contributed by atoms with E-state index >= 15 is 0 Å². The number of aliphatic hydroxyl groups excluding tert-OH is 1. The van der Waals surface area contributed by atoms with Gasteiger partial charge in [-0.25, -0.2) is 0 Å². The van der Waals surface area contributed by atoms with Crippen LogP contribution in [0.3, 0.4) is 0 Å². The molecule has 0 bridgehead atoms. The maximum atomic E-state index is 8.77. The molecule has 2 N–H and O–H groups in total. The van der Waals surface area contributed by atoms with Gasteiger partial charge in [0.2, 0.25) is 0 Å². The van der Waals surface area contributed by atoms with Crippen LogP contribution in [0.5, 0.6) is 0 Å². The lowest BCUT2D eigenvalue weighted by molar-refractivity contribution is 0.282. The van der Waals surface area contributed by atoms with Crippen molar-refractivity contribution in [3.63, 3.8) is 0 Å². The predicted octanol–water partition coefficient (Wildman–Crippen LogP) is 0.616. The van der Waals surface area contributed by atoms with Gasteiger partial charge in [0.1, 0.15) is 0 Å². The minimum Gasteiger partial charge on any atom is -0.392 e. The minimum absolute atomic E-state index is 0.0318. The van der Waals surface area contributed by atoms with Crippen LogP contribution in [0.2, 0.25) is 0 Å². The molecule has 54 valence electrons. The SMILES string of the molecule is CNc1ccncc1CO. The van der Waals surface area contributed by atoms with Crippen molar-refractivity contribution in [1.29, 1.82) is 0 Å². The fourth-order valence-corrected chi connectivity index (χ4v) is 0.797. The van der Waals surface area contributed by atoms with Crippen LogP contribution in [-0.4, -0.2) is 17.1 Å². The van der Waals surface area contributed by atoms with Crippen LogP contribution in [0.15, 0.2) is 18.5 Å². The molecule has 3 nitrogen and oxygen atoms in total. The van der Waals surface area contributed by atoms with Crippen molar-refractivity contribution in [2.75, 3.05) is 12.4 Å². The highest BCUT2D eigenvalue weighted by molar-refractivity contribution is 5.48. The second-order valence-corrected chi connectivity index (χ2v) is 1.94. The Labute approximate surface area is 59.7 Å². The Bertz CT molecular complexity index is 190. The number of nitrogens with zero attached hydrogens (tertiary/aromatic N) is 1. The van der Waals surface area contributed by atoms with E-state index in [1.54, 1.807) is 12.4 Å². The summed E-state index contributed by atoms with van der Waals surface area (Å²) in [6.45, 7) is 0.0318. The van der Waals surface area contributed by atoms with Crippen LogP contribution in [0.25, 0.3) is 0 Å². The Kier molecular flexibility index (Phi) is 2.23. The number of aromatic nitrogens is 1. The highest BCUT2D eigenvalue weighted by atomic mass is 16.3. The Morgan fingerprint density at radius 1 is 1.70 bits per heavy atom. The van der Waals surface area contributed by atoms with Crippen molar-refractivity contribution in [3.8, 4) is 0 Å². The van der Waals surface area contributed by atoms with Crippen molar-refractivity contribution in [3.05, 3.63) is 24.0 Å². The summed E-state index contributed by atoms with van der Waals surface area (Å²) in [7, 11) is 1.81. The van der Waals surface area contributed by atoms with Gasteiger partial charge in [0.25, 0.3) is 0 Å². The molecule has 0 radical (unpaired) electrons. The van der Waals surface area contributed by atoms with Crippen LogP contribution in [0, 0.1) is 0 Å². The number of hydrogen-bond acceptors (Lipinski definition) is 3. The molecule has 1 rings (SSSR count). The summed E-state index contributed by atoms with van der Waals surface area (Å²) in [6.07, 6.45) is 3.33. The van der Waals surface area contributed by atoms with Crippen molar-refractivity contribution >= 4 is 5.69 Å². The molecule has 0 aliphatic rings. The summed E-state index contributed by atoms with van der Waals surface area (Å²) in [5, 5.41) is 11.7. The second-order valence-electron chi connectivity index (χ2n) is 1.94. The first-order chi connectivity index (χ1) is 4.88. The van der Waals surface area contributed by atoms with Gasteiger partial charge in [-0.05, 0) is 6.07 Å². The summed E-state index contributed by atoms with van der Waals surface area (Å²) < 4.78 is 0. The van der Waals surface area contributed by atoms with E-state index in [2.05, 4.69) is 10.3 Å². The molecule has 0 atom stereocenters. The van der Waals surface area contributed by atoms with Crippen molar-refractivity contribution in [2.24, 2.45) is 0 Å². The Hall–Kier alpha value is -1.09. The van der Waals surface area contributed by atoms with Crippen LogP contribution in [0.4, 0.5) is 5.69 Å². The van der Waals surface area contributed by atoms with E-state index in [-0.39, 0.29) is 6.61 Å². The van der Waals surface area contributed by atoms with Gasteiger partial charge in [0, 0.05) is 30.7 Å². The number of aliphatic hydroxyl groups is 1. The van der Waals surface area contributed by atoms with Gasteiger partial charge in [-0.2, -0.15) is 0 Å². The molecular formula is C7H10N2O. The fourth-order valence-electron chi connectivity index (χ4n) is 0.797. The summed E-state index contributed by atoms with van der Waals surface area (Å²) in [6, 6.07) is 1.82. The lowest BCUT2D eigenvalue weighted by Crippen LogP contribution is -1.95. The highest BCUT2D eigenvalue weighted by Gasteiger charge is 1.95.